The van der Waals surface area contributed by atoms with Crippen molar-refractivity contribution in [3.63, 3.8) is 0 Å². The number of pyridine rings is 1. The van der Waals surface area contributed by atoms with Gasteiger partial charge in [-0.2, -0.15) is 0 Å². The summed E-state index contributed by atoms with van der Waals surface area (Å²) in [7, 11) is 0. The van der Waals surface area contributed by atoms with E-state index in [2.05, 4.69) is 58.8 Å². The van der Waals surface area contributed by atoms with Crippen LogP contribution < -0.4 is 5.32 Å². The molecule has 2 atom stereocenters. The van der Waals surface area contributed by atoms with Gasteiger partial charge in [0, 0.05) is 18.4 Å². The van der Waals surface area contributed by atoms with Gasteiger partial charge in [0.2, 0.25) is 0 Å². The van der Waals surface area contributed by atoms with E-state index in [-0.39, 0.29) is 0 Å². The maximum atomic E-state index is 4.13. The van der Waals surface area contributed by atoms with E-state index in [1.807, 2.05) is 12.4 Å². The first-order valence-corrected chi connectivity index (χ1v) is 8.72. The molecule has 2 unspecified atom stereocenters. The third-order valence-corrected chi connectivity index (χ3v) is 5.73. The summed E-state index contributed by atoms with van der Waals surface area (Å²) in [5.74, 6) is 0. The first-order chi connectivity index (χ1) is 11.4. The third-order valence-electron chi connectivity index (χ3n) is 5.73. The fourth-order valence-electron chi connectivity index (χ4n) is 4.31. The molecule has 2 heterocycles. The lowest BCUT2D eigenvalue weighted by Crippen LogP contribution is -2.39. The van der Waals surface area contributed by atoms with Gasteiger partial charge in [0.1, 0.15) is 0 Å². The molecule has 0 saturated carbocycles. The molecule has 1 fully saturated rings. The van der Waals surface area contributed by atoms with E-state index in [0.29, 0.717) is 11.5 Å². The molecule has 2 aliphatic rings. The summed E-state index contributed by atoms with van der Waals surface area (Å²) in [4.78, 5) is 4.13. The van der Waals surface area contributed by atoms with E-state index < -0.39 is 0 Å². The number of benzene rings is 1. The highest BCUT2D eigenvalue weighted by Crippen LogP contribution is 2.46. The number of allylic oxidation sites excluding steroid dienone is 2. The molecule has 0 bridgehead atoms. The lowest BCUT2D eigenvalue weighted by Gasteiger charge is -2.38. The number of rotatable bonds is 3. The average molecular weight is 304 g/mol. The zero-order valence-corrected chi connectivity index (χ0v) is 13.5. The molecule has 1 N–H and O–H groups in total. The van der Waals surface area contributed by atoms with E-state index in [1.54, 1.807) is 0 Å². The minimum atomic E-state index is 0.451. The minimum absolute atomic E-state index is 0.451. The summed E-state index contributed by atoms with van der Waals surface area (Å²) in [6, 6.07) is 15.8. The molecular formula is C21H24N2. The Morgan fingerprint density at radius 2 is 1.87 bits per heavy atom. The zero-order chi connectivity index (χ0) is 15.5. The smallest absolute Gasteiger partial charge is 0.0273 e. The number of hydrogen-bond acceptors (Lipinski definition) is 2. The summed E-state index contributed by atoms with van der Waals surface area (Å²) in [5.41, 5.74) is 4.76. The van der Waals surface area contributed by atoms with Crippen LogP contribution in [0.15, 0.2) is 60.9 Å². The molecular weight excluding hydrogens is 280 g/mol. The number of nitrogens with zero attached hydrogens (tertiary/aromatic N) is 1. The largest absolute Gasteiger partial charge is 0.313 e. The highest BCUT2D eigenvalue weighted by atomic mass is 15.0. The summed E-state index contributed by atoms with van der Waals surface area (Å²) in [6.07, 6.45) is 12.4. The summed E-state index contributed by atoms with van der Waals surface area (Å²) in [5, 5.41) is 3.78. The highest BCUT2D eigenvalue weighted by Gasteiger charge is 2.42. The Balaban J connectivity index is 1.51. The lowest BCUT2D eigenvalue weighted by molar-refractivity contribution is 0.223. The van der Waals surface area contributed by atoms with Crippen molar-refractivity contribution in [1.29, 1.82) is 0 Å². The van der Waals surface area contributed by atoms with Crippen LogP contribution >= 0.6 is 0 Å². The molecule has 4 rings (SSSR count). The maximum absolute atomic E-state index is 4.13. The Hall–Kier alpha value is -1.93. The SMILES string of the molecule is C1=C(c2ccncc2)CCC2(C1)CCNC2Cc1ccccc1. The van der Waals surface area contributed by atoms with Crippen molar-refractivity contribution in [2.24, 2.45) is 5.41 Å². The number of aromatic nitrogens is 1. The third kappa shape index (κ3) is 2.96. The summed E-state index contributed by atoms with van der Waals surface area (Å²) < 4.78 is 0. The molecule has 2 heteroatoms. The van der Waals surface area contributed by atoms with E-state index in [4.69, 9.17) is 0 Å². The molecule has 1 aromatic carbocycles. The van der Waals surface area contributed by atoms with Gasteiger partial charge in [0.05, 0.1) is 0 Å². The predicted octanol–water partition coefficient (Wildman–Crippen LogP) is 4.24. The van der Waals surface area contributed by atoms with Crippen molar-refractivity contribution in [2.45, 2.75) is 38.1 Å². The quantitative estimate of drug-likeness (QED) is 0.917. The van der Waals surface area contributed by atoms with Crippen molar-refractivity contribution in [2.75, 3.05) is 6.54 Å². The normalized spacial score (nSPS) is 27.1. The fourth-order valence-corrected chi connectivity index (χ4v) is 4.31. The molecule has 23 heavy (non-hydrogen) atoms. The van der Waals surface area contributed by atoms with Gasteiger partial charge in [0.15, 0.2) is 0 Å². The van der Waals surface area contributed by atoms with Crippen LogP contribution in [0.25, 0.3) is 5.57 Å². The predicted molar refractivity (Wildman–Crippen MR) is 95.1 cm³/mol. The van der Waals surface area contributed by atoms with Gasteiger partial charge in [-0.05, 0) is 72.9 Å². The maximum Gasteiger partial charge on any atom is 0.0273 e. The van der Waals surface area contributed by atoms with Gasteiger partial charge in [-0.1, -0.05) is 36.4 Å². The Bertz CT molecular complexity index is 678. The molecule has 1 aromatic heterocycles. The Morgan fingerprint density at radius 1 is 1.04 bits per heavy atom. The molecule has 118 valence electrons. The van der Waals surface area contributed by atoms with E-state index in [0.717, 1.165) is 13.0 Å². The molecule has 1 aliphatic heterocycles. The lowest BCUT2D eigenvalue weighted by atomic mass is 9.68. The van der Waals surface area contributed by atoms with Crippen LogP contribution in [0, 0.1) is 5.41 Å². The van der Waals surface area contributed by atoms with Gasteiger partial charge >= 0.3 is 0 Å². The molecule has 1 saturated heterocycles. The molecule has 0 radical (unpaired) electrons. The van der Waals surface area contributed by atoms with Crippen molar-refractivity contribution in [3.05, 3.63) is 72.1 Å². The standard InChI is InChI=1S/C21H24N2/c1-2-4-17(5-3-1)16-20-21(12-15-23-20)10-6-18(7-11-21)19-8-13-22-14-9-19/h1-6,8-9,13-14,20,23H,7,10-12,15-16H2. The van der Waals surface area contributed by atoms with Gasteiger partial charge in [-0.15, -0.1) is 0 Å². The fraction of sp³-hybridized carbons (Fsp3) is 0.381. The molecule has 0 amide bonds. The summed E-state index contributed by atoms with van der Waals surface area (Å²) in [6.45, 7) is 1.16. The van der Waals surface area contributed by atoms with E-state index >= 15 is 0 Å². The summed E-state index contributed by atoms with van der Waals surface area (Å²) >= 11 is 0. The second kappa shape index (κ2) is 6.29. The van der Waals surface area contributed by atoms with Crippen LogP contribution in [0.1, 0.15) is 36.8 Å². The van der Waals surface area contributed by atoms with Crippen molar-refractivity contribution in [1.82, 2.24) is 10.3 Å². The first kappa shape index (κ1) is 14.6. The van der Waals surface area contributed by atoms with Gasteiger partial charge in [-0.25, -0.2) is 0 Å². The van der Waals surface area contributed by atoms with Crippen LogP contribution in [-0.2, 0) is 6.42 Å². The van der Waals surface area contributed by atoms with Crippen LogP contribution in [0.2, 0.25) is 0 Å². The average Bonchev–Trinajstić information content (AvgIpc) is 2.99. The van der Waals surface area contributed by atoms with E-state index in [9.17, 15) is 0 Å². The second-order valence-corrected chi connectivity index (χ2v) is 6.98. The Kier molecular flexibility index (Phi) is 4.00. The number of nitrogens with one attached hydrogen (secondary N) is 1. The van der Waals surface area contributed by atoms with Crippen LogP contribution in [0.5, 0.6) is 0 Å². The second-order valence-electron chi connectivity index (χ2n) is 6.98. The molecule has 1 aliphatic carbocycles. The first-order valence-electron chi connectivity index (χ1n) is 8.72. The zero-order valence-electron chi connectivity index (χ0n) is 13.5. The number of hydrogen-bond donors (Lipinski definition) is 1. The van der Waals surface area contributed by atoms with Crippen molar-refractivity contribution < 1.29 is 0 Å². The Morgan fingerprint density at radius 3 is 2.61 bits per heavy atom. The minimum Gasteiger partial charge on any atom is -0.313 e. The van der Waals surface area contributed by atoms with Crippen LogP contribution in [-0.4, -0.2) is 17.6 Å². The topological polar surface area (TPSA) is 24.9 Å². The van der Waals surface area contributed by atoms with Crippen LogP contribution in [0.3, 0.4) is 0 Å². The monoisotopic (exact) mass is 304 g/mol. The highest BCUT2D eigenvalue weighted by molar-refractivity contribution is 5.66. The van der Waals surface area contributed by atoms with Gasteiger partial charge in [0.25, 0.3) is 0 Å². The molecule has 1 spiro atoms. The van der Waals surface area contributed by atoms with Crippen molar-refractivity contribution in [3.8, 4) is 0 Å². The van der Waals surface area contributed by atoms with Gasteiger partial charge < -0.3 is 5.32 Å². The van der Waals surface area contributed by atoms with Crippen molar-refractivity contribution >= 4 is 5.57 Å². The Labute approximate surface area is 138 Å². The molecule has 2 nitrogen and oxygen atoms in total. The van der Waals surface area contributed by atoms with Gasteiger partial charge in [-0.3, -0.25) is 4.98 Å². The van der Waals surface area contributed by atoms with Crippen LogP contribution in [0.4, 0.5) is 0 Å². The van der Waals surface area contributed by atoms with E-state index in [1.165, 1.54) is 42.4 Å². The molecule has 2 aromatic rings.